The Morgan fingerprint density at radius 2 is 2.04 bits per heavy atom. The van der Waals surface area contributed by atoms with Gasteiger partial charge in [-0.05, 0) is 18.4 Å². The maximum absolute atomic E-state index is 12.8. The van der Waals surface area contributed by atoms with Crippen LogP contribution in [0.4, 0.5) is 0 Å². The lowest BCUT2D eigenvalue weighted by Crippen LogP contribution is -2.54. The molecule has 1 aromatic rings. The molecule has 3 N–H and O–H groups in total. The van der Waals surface area contributed by atoms with Gasteiger partial charge in [-0.3, -0.25) is 9.59 Å². The van der Waals surface area contributed by atoms with Gasteiger partial charge in [-0.2, -0.15) is 0 Å². The van der Waals surface area contributed by atoms with Gasteiger partial charge < -0.3 is 20.7 Å². The van der Waals surface area contributed by atoms with Crippen molar-refractivity contribution in [1.29, 1.82) is 0 Å². The molecule has 3 rings (SSSR count). The molecule has 1 unspecified atom stereocenters. The van der Waals surface area contributed by atoms with Gasteiger partial charge in [0.15, 0.2) is 0 Å². The molecular weight excluding hydrogens is 318 g/mol. The zero-order chi connectivity index (χ0) is 15.5. The van der Waals surface area contributed by atoms with Crippen molar-refractivity contribution in [3.05, 3.63) is 35.9 Å². The summed E-state index contributed by atoms with van der Waals surface area (Å²) in [7, 11) is 0. The van der Waals surface area contributed by atoms with Crippen molar-refractivity contribution in [2.24, 2.45) is 5.73 Å². The molecule has 23 heavy (non-hydrogen) atoms. The fraction of sp³-hybridized carbons (Fsp3) is 0.500. The van der Waals surface area contributed by atoms with Crippen LogP contribution >= 0.6 is 12.4 Å². The number of piperazine rings is 1. The fourth-order valence-corrected chi connectivity index (χ4v) is 3.12. The van der Waals surface area contributed by atoms with Crippen molar-refractivity contribution < 1.29 is 14.3 Å². The average molecular weight is 340 g/mol. The van der Waals surface area contributed by atoms with E-state index in [0.717, 1.165) is 12.0 Å². The molecule has 2 aliphatic heterocycles. The molecule has 2 aliphatic rings. The Kier molecular flexibility index (Phi) is 5.98. The molecule has 0 spiro atoms. The number of hydrogen-bond acceptors (Lipinski definition) is 4. The largest absolute Gasteiger partial charge is 0.364 e. The van der Waals surface area contributed by atoms with Crippen LogP contribution in [0.1, 0.15) is 24.4 Å². The third kappa shape index (κ3) is 3.65. The molecule has 7 heteroatoms. The number of carbonyl (C=O) groups is 2. The number of amides is 2. The van der Waals surface area contributed by atoms with E-state index in [4.69, 9.17) is 10.5 Å². The van der Waals surface area contributed by atoms with E-state index in [9.17, 15) is 9.59 Å². The first-order valence-electron chi connectivity index (χ1n) is 7.69. The SMILES string of the molecule is Cl.NC[C@H]1CC[C@@H](C(=O)N2CCNC(=O)C2c2ccccc2)O1. The molecule has 0 bridgehead atoms. The maximum Gasteiger partial charge on any atom is 0.252 e. The second kappa shape index (κ2) is 7.77. The number of rotatable bonds is 3. The summed E-state index contributed by atoms with van der Waals surface area (Å²) in [6.45, 7) is 1.39. The number of carbonyl (C=O) groups excluding carboxylic acids is 2. The standard InChI is InChI=1S/C16H21N3O3.ClH/c17-10-12-6-7-13(22-12)16(21)19-9-8-18-15(20)14(19)11-4-2-1-3-5-11;/h1-5,12-14H,6-10,17H2,(H,18,20);1H/t12-,13+,14?;/m1./s1. The highest BCUT2D eigenvalue weighted by Crippen LogP contribution is 2.27. The Balaban J connectivity index is 0.00000192. The number of nitrogens with two attached hydrogens (primary N) is 1. The van der Waals surface area contributed by atoms with E-state index >= 15 is 0 Å². The highest BCUT2D eigenvalue weighted by Gasteiger charge is 2.40. The zero-order valence-corrected chi connectivity index (χ0v) is 13.6. The van der Waals surface area contributed by atoms with Gasteiger partial charge in [-0.25, -0.2) is 0 Å². The fourth-order valence-electron chi connectivity index (χ4n) is 3.12. The van der Waals surface area contributed by atoms with Crippen molar-refractivity contribution in [3.8, 4) is 0 Å². The van der Waals surface area contributed by atoms with E-state index in [2.05, 4.69) is 5.32 Å². The lowest BCUT2D eigenvalue weighted by atomic mass is 10.0. The van der Waals surface area contributed by atoms with Gasteiger partial charge in [0.2, 0.25) is 5.91 Å². The second-order valence-electron chi connectivity index (χ2n) is 5.70. The predicted octanol–water partition coefficient (Wildman–Crippen LogP) is 0.614. The van der Waals surface area contributed by atoms with Crippen LogP contribution in [0.2, 0.25) is 0 Å². The summed E-state index contributed by atoms with van der Waals surface area (Å²) >= 11 is 0. The predicted molar refractivity (Wildman–Crippen MR) is 88.1 cm³/mol. The molecule has 126 valence electrons. The molecule has 6 nitrogen and oxygen atoms in total. The van der Waals surface area contributed by atoms with Crippen LogP contribution in [0, 0.1) is 0 Å². The van der Waals surface area contributed by atoms with Crippen LogP contribution < -0.4 is 11.1 Å². The van der Waals surface area contributed by atoms with Crippen molar-refractivity contribution in [2.45, 2.75) is 31.1 Å². The first-order chi connectivity index (χ1) is 10.7. The van der Waals surface area contributed by atoms with Gasteiger partial charge in [-0.15, -0.1) is 12.4 Å². The number of nitrogens with one attached hydrogen (secondary N) is 1. The van der Waals surface area contributed by atoms with E-state index in [1.165, 1.54) is 0 Å². The summed E-state index contributed by atoms with van der Waals surface area (Å²) in [5, 5.41) is 2.83. The number of halogens is 1. The maximum atomic E-state index is 12.8. The highest BCUT2D eigenvalue weighted by molar-refractivity contribution is 5.91. The topological polar surface area (TPSA) is 84.7 Å². The van der Waals surface area contributed by atoms with Gasteiger partial charge in [-0.1, -0.05) is 30.3 Å². The smallest absolute Gasteiger partial charge is 0.252 e. The van der Waals surface area contributed by atoms with Crippen molar-refractivity contribution in [3.63, 3.8) is 0 Å². The number of benzene rings is 1. The first kappa shape index (κ1) is 17.7. The summed E-state index contributed by atoms with van der Waals surface area (Å²) in [5.41, 5.74) is 6.42. The zero-order valence-electron chi connectivity index (χ0n) is 12.8. The molecule has 0 saturated carbocycles. The molecular formula is C16H22ClN3O3. The quantitative estimate of drug-likeness (QED) is 0.845. The van der Waals surface area contributed by atoms with E-state index in [0.29, 0.717) is 26.1 Å². The number of hydrogen-bond donors (Lipinski definition) is 2. The van der Waals surface area contributed by atoms with Crippen LogP contribution in [-0.4, -0.2) is 48.6 Å². The third-order valence-electron chi connectivity index (χ3n) is 4.26. The Bertz CT molecular complexity index is 555. The van der Waals surface area contributed by atoms with Crippen molar-refractivity contribution >= 4 is 24.2 Å². The molecule has 3 atom stereocenters. The molecule has 2 fully saturated rings. The minimum Gasteiger partial charge on any atom is -0.364 e. The average Bonchev–Trinajstić information content (AvgIpc) is 3.04. The lowest BCUT2D eigenvalue weighted by molar-refractivity contribution is -0.151. The summed E-state index contributed by atoms with van der Waals surface area (Å²) in [6.07, 6.45) is 0.928. The summed E-state index contributed by atoms with van der Waals surface area (Å²) < 4.78 is 5.70. The van der Waals surface area contributed by atoms with E-state index in [1.807, 2.05) is 30.3 Å². The van der Waals surface area contributed by atoms with Crippen LogP contribution in [0.5, 0.6) is 0 Å². The Labute approximate surface area is 141 Å². The normalized spacial score (nSPS) is 27.3. The van der Waals surface area contributed by atoms with Gasteiger partial charge in [0.1, 0.15) is 12.1 Å². The van der Waals surface area contributed by atoms with Crippen molar-refractivity contribution in [1.82, 2.24) is 10.2 Å². The first-order valence-corrected chi connectivity index (χ1v) is 7.69. The molecule has 0 radical (unpaired) electrons. The second-order valence-corrected chi connectivity index (χ2v) is 5.70. The molecule has 0 aliphatic carbocycles. The third-order valence-corrected chi connectivity index (χ3v) is 4.26. The summed E-state index contributed by atoms with van der Waals surface area (Å²) in [5.74, 6) is -0.251. The molecule has 2 saturated heterocycles. The van der Waals surface area contributed by atoms with Gasteiger partial charge >= 0.3 is 0 Å². The van der Waals surface area contributed by atoms with Crippen LogP contribution in [0.3, 0.4) is 0 Å². The van der Waals surface area contributed by atoms with Crippen molar-refractivity contribution in [2.75, 3.05) is 19.6 Å². The molecule has 2 heterocycles. The highest BCUT2D eigenvalue weighted by atomic mass is 35.5. The van der Waals surface area contributed by atoms with Gasteiger partial charge in [0.05, 0.1) is 6.10 Å². The Hall–Kier alpha value is -1.63. The van der Waals surface area contributed by atoms with Crippen LogP contribution in [0.25, 0.3) is 0 Å². The van der Waals surface area contributed by atoms with Crippen LogP contribution in [0.15, 0.2) is 30.3 Å². The molecule has 2 amide bonds. The minimum absolute atomic E-state index is 0. The summed E-state index contributed by atoms with van der Waals surface area (Å²) in [4.78, 5) is 26.7. The number of nitrogens with zero attached hydrogens (tertiary/aromatic N) is 1. The minimum atomic E-state index is -0.581. The van der Waals surface area contributed by atoms with E-state index < -0.39 is 12.1 Å². The lowest BCUT2D eigenvalue weighted by Gasteiger charge is -2.36. The molecule has 1 aromatic carbocycles. The van der Waals surface area contributed by atoms with Gasteiger partial charge in [0, 0.05) is 19.6 Å². The Morgan fingerprint density at radius 3 is 2.70 bits per heavy atom. The summed E-state index contributed by atoms with van der Waals surface area (Å²) in [6, 6.07) is 8.79. The van der Waals surface area contributed by atoms with Crippen LogP contribution in [-0.2, 0) is 14.3 Å². The van der Waals surface area contributed by atoms with Gasteiger partial charge in [0.25, 0.3) is 5.91 Å². The van der Waals surface area contributed by atoms with E-state index in [-0.39, 0.29) is 30.3 Å². The Morgan fingerprint density at radius 1 is 1.30 bits per heavy atom. The monoisotopic (exact) mass is 339 g/mol. The number of ether oxygens (including phenoxy) is 1. The van der Waals surface area contributed by atoms with E-state index in [1.54, 1.807) is 4.90 Å². The molecule has 0 aromatic heterocycles.